The summed E-state index contributed by atoms with van der Waals surface area (Å²) in [6.45, 7) is 3.93. The van der Waals surface area contributed by atoms with E-state index in [9.17, 15) is 0 Å². The number of rotatable bonds is 3. The van der Waals surface area contributed by atoms with Crippen molar-refractivity contribution in [1.29, 1.82) is 0 Å². The number of aromatic nitrogens is 2. The molecular formula is C13H16N2O2. The Morgan fingerprint density at radius 2 is 1.88 bits per heavy atom. The molecule has 90 valence electrons. The lowest BCUT2D eigenvalue weighted by Gasteiger charge is -2.09. The third kappa shape index (κ3) is 2.11. The number of nitrogens with one attached hydrogen (secondary N) is 1. The van der Waals surface area contributed by atoms with Gasteiger partial charge in [0.2, 0.25) is 0 Å². The summed E-state index contributed by atoms with van der Waals surface area (Å²) in [5.74, 6) is 2.48. The maximum atomic E-state index is 5.35. The van der Waals surface area contributed by atoms with Gasteiger partial charge in [0.1, 0.15) is 17.3 Å². The van der Waals surface area contributed by atoms with Crippen molar-refractivity contribution in [3.05, 3.63) is 29.7 Å². The van der Waals surface area contributed by atoms with Gasteiger partial charge in [-0.25, -0.2) is 4.98 Å². The van der Waals surface area contributed by atoms with Crippen LogP contribution in [0.25, 0.3) is 11.3 Å². The van der Waals surface area contributed by atoms with Crippen molar-refractivity contribution in [3.8, 4) is 22.8 Å². The van der Waals surface area contributed by atoms with E-state index in [1.807, 2.05) is 32.0 Å². The van der Waals surface area contributed by atoms with Crippen molar-refractivity contribution in [3.63, 3.8) is 0 Å². The molecule has 0 aliphatic heterocycles. The Kier molecular flexibility index (Phi) is 3.04. The van der Waals surface area contributed by atoms with Crippen LogP contribution in [0, 0.1) is 13.8 Å². The number of benzene rings is 1. The quantitative estimate of drug-likeness (QED) is 0.885. The summed E-state index contributed by atoms with van der Waals surface area (Å²) >= 11 is 0. The average Bonchev–Trinajstić information content (AvgIpc) is 2.67. The number of H-pyrrole nitrogens is 1. The van der Waals surface area contributed by atoms with Crippen molar-refractivity contribution in [2.24, 2.45) is 0 Å². The van der Waals surface area contributed by atoms with Gasteiger partial charge >= 0.3 is 0 Å². The molecule has 1 aromatic carbocycles. The minimum Gasteiger partial charge on any atom is -0.497 e. The molecule has 0 amide bonds. The van der Waals surface area contributed by atoms with E-state index in [0.29, 0.717) is 0 Å². The second kappa shape index (κ2) is 4.49. The Morgan fingerprint density at radius 1 is 1.12 bits per heavy atom. The van der Waals surface area contributed by atoms with E-state index in [4.69, 9.17) is 9.47 Å². The standard InChI is InChI=1S/C13H16N2O2/c1-8-13(15-9(2)14-8)11-7-10(16-3)5-6-12(11)17-4/h5-7H,1-4H3,(H,14,15). The monoisotopic (exact) mass is 232 g/mol. The minimum absolute atomic E-state index is 0.792. The number of hydrogen-bond acceptors (Lipinski definition) is 3. The molecule has 0 spiro atoms. The Balaban J connectivity index is 2.59. The summed E-state index contributed by atoms with van der Waals surface area (Å²) in [6, 6.07) is 5.69. The molecular weight excluding hydrogens is 216 g/mol. The summed E-state index contributed by atoms with van der Waals surface area (Å²) < 4.78 is 10.6. The average molecular weight is 232 g/mol. The fourth-order valence-corrected chi connectivity index (χ4v) is 1.87. The van der Waals surface area contributed by atoms with Gasteiger partial charge in [-0.3, -0.25) is 0 Å². The molecule has 2 rings (SSSR count). The number of aromatic amines is 1. The molecule has 1 heterocycles. The van der Waals surface area contributed by atoms with E-state index >= 15 is 0 Å². The Hall–Kier alpha value is -1.97. The summed E-state index contributed by atoms with van der Waals surface area (Å²) in [4.78, 5) is 7.66. The van der Waals surface area contributed by atoms with Gasteiger partial charge in [-0.15, -0.1) is 0 Å². The second-order valence-electron chi connectivity index (χ2n) is 3.86. The van der Waals surface area contributed by atoms with Gasteiger partial charge in [-0.05, 0) is 32.0 Å². The third-order valence-corrected chi connectivity index (χ3v) is 2.66. The Bertz CT molecular complexity index is 532. The molecule has 4 nitrogen and oxygen atoms in total. The lowest BCUT2D eigenvalue weighted by atomic mass is 10.1. The predicted molar refractivity (Wildman–Crippen MR) is 66.6 cm³/mol. The molecule has 0 radical (unpaired) electrons. The molecule has 2 aromatic rings. The molecule has 0 aliphatic carbocycles. The number of ether oxygens (including phenoxy) is 2. The van der Waals surface area contributed by atoms with Crippen LogP contribution in [0.4, 0.5) is 0 Å². The summed E-state index contributed by atoms with van der Waals surface area (Å²) in [5, 5.41) is 0. The van der Waals surface area contributed by atoms with Crippen molar-refractivity contribution in [2.75, 3.05) is 14.2 Å². The van der Waals surface area contributed by atoms with E-state index in [1.165, 1.54) is 0 Å². The highest BCUT2D eigenvalue weighted by atomic mass is 16.5. The molecule has 0 bridgehead atoms. The molecule has 0 unspecified atom stereocenters. The van der Waals surface area contributed by atoms with Gasteiger partial charge in [0, 0.05) is 11.3 Å². The van der Waals surface area contributed by atoms with E-state index in [2.05, 4.69) is 9.97 Å². The van der Waals surface area contributed by atoms with Crippen molar-refractivity contribution >= 4 is 0 Å². The van der Waals surface area contributed by atoms with E-state index in [0.717, 1.165) is 34.3 Å². The highest BCUT2D eigenvalue weighted by Gasteiger charge is 2.13. The Morgan fingerprint density at radius 3 is 2.41 bits per heavy atom. The van der Waals surface area contributed by atoms with Gasteiger partial charge < -0.3 is 14.5 Å². The van der Waals surface area contributed by atoms with Crippen LogP contribution in [0.3, 0.4) is 0 Å². The smallest absolute Gasteiger partial charge is 0.128 e. The number of imidazole rings is 1. The molecule has 1 aromatic heterocycles. The van der Waals surface area contributed by atoms with Crippen molar-refractivity contribution in [1.82, 2.24) is 9.97 Å². The van der Waals surface area contributed by atoms with Crippen LogP contribution in [-0.4, -0.2) is 24.2 Å². The van der Waals surface area contributed by atoms with Gasteiger partial charge in [0.15, 0.2) is 0 Å². The van der Waals surface area contributed by atoms with Crippen LogP contribution >= 0.6 is 0 Å². The first-order valence-electron chi connectivity index (χ1n) is 5.41. The van der Waals surface area contributed by atoms with E-state index in [1.54, 1.807) is 14.2 Å². The van der Waals surface area contributed by atoms with Crippen LogP contribution in [-0.2, 0) is 0 Å². The lowest BCUT2D eigenvalue weighted by Crippen LogP contribution is -1.91. The molecule has 0 saturated heterocycles. The first-order valence-corrected chi connectivity index (χ1v) is 5.41. The summed E-state index contributed by atoms with van der Waals surface area (Å²) in [6.07, 6.45) is 0. The fourth-order valence-electron chi connectivity index (χ4n) is 1.87. The van der Waals surface area contributed by atoms with Crippen LogP contribution in [0.15, 0.2) is 18.2 Å². The van der Waals surface area contributed by atoms with Gasteiger partial charge in [0.05, 0.1) is 19.9 Å². The van der Waals surface area contributed by atoms with Gasteiger partial charge in [-0.1, -0.05) is 0 Å². The zero-order valence-electron chi connectivity index (χ0n) is 10.5. The molecule has 4 heteroatoms. The maximum Gasteiger partial charge on any atom is 0.128 e. The number of aryl methyl sites for hydroxylation is 2. The number of hydrogen-bond donors (Lipinski definition) is 1. The zero-order valence-corrected chi connectivity index (χ0v) is 10.5. The molecule has 0 aliphatic rings. The highest BCUT2D eigenvalue weighted by molar-refractivity contribution is 5.71. The third-order valence-electron chi connectivity index (χ3n) is 2.66. The molecule has 17 heavy (non-hydrogen) atoms. The fraction of sp³-hybridized carbons (Fsp3) is 0.308. The molecule has 0 fully saturated rings. The van der Waals surface area contributed by atoms with E-state index in [-0.39, 0.29) is 0 Å². The lowest BCUT2D eigenvalue weighted by molar-refractivity contribution is 0.404. The highest BCUT2D eigenvalue weighted by Crippen LogP contribution is 2.33. The van der Waals surface area contributed by atoms with Crippen LogP contribution in [0.5, 0.6) is 11.5 Å². The molecule has 0 saturated carbocycles. The topological polar surface area (TPSA) is 47.1 Å². The first-order chi connectivity index (χ1) is 8.15. The van der Waals surface area contributed by atoms with Crippen molar-refractivity contribution < 1.29 is 9.47 Å². The summed E-state index contributed by atoms with van der Waals surface area (Å²) in [5.41, 5.74) is 2.86. The predicted octanol–water partition coefficient (Wildman–Crippen LogP) is 2.71. The number of nitrogens with zero attached hydrogens (tertiary/aromatic N) is 1. The van der Waals surface area contributed by atoms with Gasteiger partial charge in [-0.2, -0.15) is 0 Å². The summed E-state index contributed by atoms with van der Waals surface area (Å²) in [7, 11) is 3.30. The largest absolute Gasteiger partial charge is 0.497 e. The van der Waals surface area contributed by atoms with Crippen LogP contribution in [0.1, 0.15) is 11.5 Å². The molecule has 0 atom stereocenters. The molecule has 1 N–H and O–H groups in total. The first kappa shape index (κ1) is 11.5. The number of methoxy groups -OCH3 is 2. The normalized spacial score (nSPS) is 10.4. The van der Waals surface area contributed by atoms with E-state index < -0.39 is 0 Å². The van der Waals surface area contributed by atoms with Crippen LogP contribution < -0.4 is 9.47 Å². The second-order valence-corrected chi connectivity index (χ2v) is 3.86. The minimum atomic E-state index is 0.792. The Labute approximate surface area is 101 Å². The van der Waals surface area contributed by atoms with Crippen LogP contribution in [0.2, 0.25) is 0 Å². The van der Waals surface area contributed by atoms with Crippen molar-refractivity contribution in [2.45, 2.75) is 13.8 Å². The maximum absolute atomic E-state index is 5.35. The zero-order chi connectivity index (χ0) is 12.4. The SMILES string of the molecule is COc1ccc(OC)c(-c2nc(C)[nH]c2C)c1. The van der Waals surface area contributed by atoms with Gasteiger partial charge in [0.25, 0.3) is 0 Å².